The van der Waals surface area contributed by atoms with Crippen LogP contribution in [0.2, 0.25) is 0 Å². The van der Waals surface area contributed by atoms with Gasteiger partial charge >= 0.3 is 0 Å². The van der Waals surface area contributed by atoms with Crippen LogP contribution in [0.15, 0.2) is 17.0 Å². The Balaban J connectivity index is 2.43. The summed E-state index contributed by atoms with van der Waals surface area (Å²) in [7, 11) is -3.44. The fourth-order valence-corrected chi connectivity index (χ4v) is 3.80. The predicted molar refractivity (Wildman–Crippen MR) is 71.8 cm³/mol. The average molecular weight is 268 g/mol. The molecule has 5 heteroatoms. The van der Waals surface area contributed by atoms with Crippen molar-refractivity contribution in [2.24, 2.45) is 5.73 Å². The number of nitrogens with one attached hydrogen (secondary N) is 1. The summed E-state index contributed by atoms with van der Waals surface area (Å²) in [4.78, 5) is 0.349. The largest absolute Gasteiger partial charge is 0.326 e. The van der Waals surface area contributed by atoms with E-state index in [1.807, 2.05) is 26.8 Å². The molecule has 2 rings (SSSR count). The first-order valence-electron chi connectivity index (χ1n) is 6.12. The molecule has 0 aliphatic heterocycles. The lowest BCUT2D eigenvalue weighted by Crippen LogP contribution is -2.34. The van der Waals surface area contributed by atoms with Crippen LogP contribution in [0.5, 0.6) is 0 Å². The fourth-order valence-electron chi connectivity index (χ4n) is 2.05. The number of nitrogens with two attached hydrogens (primary N) is 1. The van der Waals surface area contributed by atoms with E-state index in [0.717, 1.165) is 29.5 Å². The maximum atomic E-state index is 12.3. The molecule has 3 N–H and O–H groups in total. The standard InChI is InChI=1S/C13H20N2O2S/c1-9-6-10(2)12(7-11(9)8-14)18(16,17)15-13(3)4-5-13/h6-7,15H,4-5,8,14H2,1-3H3. The molecule has 1 aliphatic carbocycles. The zero-order chi connectivity index (χ0) is 13.6. The molecule has 0 atom stereocenters. The van der Waals surface area contributed by atoms with Crippen molar-refractivity contribution in [2.45, 2.75) is 50.6 Å². The van der Waals surface area contributed by atoms with Crippen molar-refractivity contribution in [1.82, 2.24) is 4.72 Å². The lowest BCUT2D eigenvalue weighted by molar-refractivity contribution is 0.557. The Kier molecular flexibility index (Phi) is 3.25. The average Bonchev–Trinajstić information content (AvgIpc) is 2.94. The van der Waals surface area contributed by atoms with Gasteiger partial charge in [-0.25, -0.2) is 13.1 Å². The first kappa shape index (κ1) is 13.5. The van der Waals surface area contributed by atoms with Crippen molar-refractivity contribution in [1.29, 1.82) is 0 Å². The van der Waals surface area contributed by atoms with Gasteiger partial charge in [-0.1, -0.05) is 6.07 Å². The number of sulfonamides is 1. The van der Waals surface area contributed by atoms with Crippen molar-refractivity contribution in [2.75, 3.05) is 0 Å². The first-order valence-corrected chi connectivity index (χ1v) is 7.60. The van der Waals surface area contributed by atoms with E-state index in [9.17, 15) is 8.42 Å². The summed E-state index contributed by atoms with van der Waals surface area (Å²) in [6.07, 6.45) is 1.81. The van der Waals surface area contributed by atoms with Crippen molar-refractivity contribution >= 4 is 10.0 Å². The van der Waals surface area contributed by atoms with E-state index in [4.69, 9.17) is 5.73 Å². The molecule has 1 aromatic rings. The molecule has 1 fully saturated rings. The van der Waals surface area contributed by atoms with Gasteiger partial charge in [-0.05, 0) is 56.4 Å². The zero-order valence-corrected chi connectivity index (χ0v) is 11.9. The van der Waals surface area contributed by atoms with Crippen LogP contribution in [0.4, 0.5) is 0 Å². The summed E-state index contributed by atoms with van der Waals surface area (Å²) >= 11 is 0. The van der Waals surface area contributed by atoms with Crippen LogP contribution in [-0.4, -0.2) is 14.0 Å². The van der Waals surface area contributed by atoms with Crippen molar-refractivity contribution < 1.29 is 8.42 Å². The summed E-state index contributed by atoms with van der Waals surface area (Å²) in [5.41, 5.74) is 8.06. The molecule has 18 heavy (non-hydrogen) atoms. The third kappa shape index (κ3) is 2.58. The van der Waals surface area contributed by atoms with E-state index >= 15 is 0 Å². The Morgan fingerprint density at radius 2 is 1.89 bits per heavy atom. The minimum absolute atomic E-state index is 0.251. The van der Waals surface area contributed by atoms with Crippen LogP contribution in [0.3, 0.4) is 0 Å². The monoisotopic (exact) mass is 268 g/mol. The molecule has 1 saturated carbocycles. The van der Waals surface area contributed by atoms with Crippen LogP contribution >= 0.6 is 0 Å². The molecule has 4 nitrogen and oxygen atoms in total. The second kappa shape index (κ2) is 4.33. The highest BCUT2D eigenvalue weighted by molar-refractivity contribution is 7.89. The second-order valence-corrected chi connectivity index (χ2v) is 7.07. The van der Waals surface area contributed by atoms with E-state index in [2.05, 4.69) is 4.72 Å². The van der Waals surface area contributed by atoms with Crippen molar-refractivity contribution in [3.8, 4) is 0 Å². The zero-order valence-electron chi connectivity index (χ0n) is 11.1. The molecule has 0 heterocycles. The molecule has 100 valence electrons. The summed E-state index contributed by atoms with van der Waals surface area (Å²) < 4.78 is 27.4. The van der Waals surface area contributed by atoms with Crippen LogP contribution in [-0.2, 0) is 16.6 Å². The van der Waals surface area contributed by atoms with E-state index < -0.39 is 10.0 Å². The molecule has 0 amide bonds. The van der Waals surface area contributed by atoms with Gasteiger partial charge in [0.1, 0.15) is 0 Å². The van der Waals surface area contributed by atoms with Crippen LogP contribution in [0.25, 0.3) is 0 Å². The number of benzene rings is 1. The molecule has 0 bridgehead atoms. The van der Waals surface area contributed by atoms with Gasteiger partial charge in [0.25, 0.3) is 0 Å². The maximum absolute atomic E-state index is 12.3. The summed E-state index contributed by atoms with van der Waals surface area (Å²) in [5.74, 6) is 0. The SMILES string of the molecule is Cc1cc(C)c(S(=O)(=O)NC2(C)CC2)cc1CN. The lowest BCUT2D eigenvalue weighted by Gasteiger charge is -2.16. The topological polar surface area (TPSA) is 72.2 Å². The fraction of sp³-hybridized carbons (Fsp3) is 0.538. The van der Waals surface area contributed by atoms with Crippen LogP contribution in [0, 0.1) is 13.8 Å². The third-order valence-corrected chi connectivity index (χ3v) is 5.30. The van der Waals surface area contributed by atoms with E-state index in [1.165, 1.54) is 0 Å². The van der Waals surface area contributed by atoms with Gasteiger partial charge in [-0.3, -0.25) is 0 Å². The van der Waals surface area contributed by atoms with E-state index in [0.29, 0.717) is 11.4 Å². The van der Waals surface area contributed by atoms with Gasteiger partial charge in [0, 0.05) is 12.1 Å². The number of aryl methyl sites for hydroxylation is 2. The third-order valence-electron chi connectivity index (χ3n) is 3.52. The molecule has 0 spiro atoms. The number of rotatable bonds is 4. The van der Waals surface area contributed by atoms with Gasteiger partial charge in [0.2, 0.25) is 10.0 Å². The van der Waals surface area contributed by atoms with Gasteiger partial charge < -0.3 is 5.73 Å². The van der Waals surface area contributed by atoms with Crippen molar-refractivity contribution in [3.05, 3.63) is 28.8 Å². The number of hydrogen-bond donors (Lipinski definition) is 2. The minimum Gasteiger partial charge on any atom is -0.326 e. The highest BCUT2D eigenvalue weighted by Gasteiger charge is 2.41. The van der Waals surface area contributed by atoms with Crippen molar-refractivity contribution in [3.63, 3.8) is 0 Å². The quantitative estimate of drug-likeness (QED) is 0.871. The Hall–Kier alpha value is -0.910. The molecule has 1 aromatic carbocycles. The Labute approximate surface area is 109 Å². The van der Waals surface area contributed by atoms with Crippen LogP contribution in [0.1, 0.15) is 36.5 Å². The summed E-state index contributed by atoms with van der Waals surface area (Å²) in [5, 5.41) is 0. The molecule has 0 unspecified atom stereocenters. The van der Waals surface area contributed by atoms with Gasteiger partial charge in [-0.15, -0.1) is 0 Å². The van der Waals surface area contributed by atoms with Crippen LogP contribution < -0.4 is 10.5 Å². The highest BCUT2D eigenvalue weighted by atomic mass is 32.2. The minimum atomic E-state index is -3.44. The summed E-state index contributed by atoms with van der Waals surface area (Å²) in [6.45, 7) is 6.04. The highest BCUT2D eigenvalue weighted by Crippen LogP contribution is 2.36. The van der Waals surface area contributed by atoms with Gasteiger partial charge in [0.05, 0.1) is 4.90 Å². The van der Waals surface area contributed by atoms with E-state index in [-0.39, 0.29) is 5.54 Å². The Bertz CT molecular complexity index is 575. The smallest absolute Gasteiger partial charge is 0.241 e. The molecule has 1 aliphatic rings. The summed E-state index contributed by atoms with van der Waals surface area (Å²) in [6, 6.07) is 3.57. The normalized spacial score (nSPS) is 17.8. The van der Waals surface area contributed by atoms with Gasteiger partial charge in [0.15, 0.2) is 0 Å². The maximum Gasteiger partial charge on any atom is 0.241 e. The lowest BCUT2D eigenvalue weighted by atomic mass is 10.1. The molecule has 0 saturated heterocycles. The molecular formula is C13H20N2O2S. The predicted octanol–water partition coefficient (Wildman–Crippen LogP) is 1.59. The van der Waals surface area contributed by atoms with Gasteiger partial charge in [-0.2, -0.15) is 0 Å². The molecular weight excluding hydrogens is 248 g/mol. The Morgan fingerprint density at radius 3 is 2.39 bits per heavy atom. The second-order valence-electron chi connectivity index (χ2n) is 5.41. The first-order chi connectivity index (χ1) is 8.27. The number of hydrogen-bond acceptors (Lipinski definition) is 3. The molecule has 0 aromatic heterocycles. The Morgan fingerprint density at radius 1 is 1.28 bits per heavy atom. The van der Waals surface area contributed by atoms with E-state index in [1.54, 1.807) is 6.07 Å². The molecule has 0 radical (unpaired) electrons.